The van der Waals surface area contributed by atoms with Crippen LogP contribution in [-0.4, -0.2) is 35.6 Å². The van der Waals surface area contributed by atoms with Crippen molar-refractivity contribution in [2.45, 2.75) is 33.1 Å². The molecule has 0 radical (unpaired) electrons. The summed E-state index contributed by atoms with van der Waals surface area (Å²) in [5.41, 5.74) is 2.56. The quantitative estimate of drug-likeness (QED) is 0.849. The van der Waals surface area contributed by atoms with E-state index in [9.17, 15) is 4.79 Å². The minimum absolute atomic E-state index is 0.0658. The van der Waals surface area contributed by atoms with Crippen LogP contribution in [0, 0.1) is 24.7 Å². The summed E-state index contributed by atoms with van der Waals surface area (Å²) in [6, 6.07) is 5.69. The summed E-state index contributed by atoms with van der Waals surface area (Å²) in [4.78, 5) is 14.6. The van der Waals surface area contributed by atoms with Gasteiger partial charge in [-0.2, -0.15) is 0 Å². The smallest absolute Gasteiger partial charge is 0.254 e. The van der Waals surface area contributed by atoms with Gasteiger partial charge in [0, 0.05) is 30.6 Å². The van der Waals surface area contributed by atoms with E-state index in [1.165, 1.54) is 6.42 Å². The third-order valence-corrected chi connectivity index (χ3v) is 3.97. The van der Waals surface area contributed by atoms with Crippen LogP contribution < -0.4 is 0 Å². The standard InChI is InChI=1S/C18H23NO2/c1-14-7-6-11-19(13-14)18(21)17-10-5-9-16(15(17)2)8-3-4-12-20/h5,9-10,14,20H,4,6-7,11-13H2,1-2H3. The van der Waals surface area contributed by atoms with Gasteiger partial charge in [0.2, 0.25) is 0 Å². The van der Waals surface area contributed by atoms with Crippen LogP contribution in [-0.2, 0) is 0 Å². The highest BCUT2D eigenvalue weighted by Gasteiger charge is 2.23. The maximum absolute atomic E-state index is 12.7. The second-order valence-electron chi connectivity index (χ2n) is 5.75. The highest BCUT2D eigenvalue weighted by atomic mass is 16.2. The Morgan fingerprint density at radius 3 is 3.00 bits per heavy atom. The Balaban J connectivity index is 2.22. The third-order valence-electron chi connectivity index (χ3n) is 3.97. The van der Waals surface area contributed by atoms with Crippen molar-refractivity contribution >= 4 is 5.91 Å². The number of aliphatic hydroxyl groups excluding tert-OH is 1. The molecule has 112 valence electrons. The molecule has 0 aliphatic carbocycles. The lowest BCUT2D eigenvalue weighted by Gasteiger charge is -2.31. The van der Waals surface area contributed by atoms with Crippen LogP contribution in [0.25, 0.3) is 0 Å². The molecule has 1 aromatic rings. The number of carbonyl (C=O) groups excluding carboxylic acids is 1. The number of rotatable bonds is 2. The molecule has 1 amide bonds. The number of likely N-dealkylation sites (tertiary alicyclic amines) is 1. The second kappa shape index (κ2) is 7.28. The van der Waals surface area contributed by atoms with Crippen molar-refractivity contribution in [1.82, 2.24) is 4.90 Å². The number of carbonyl (C=O) groups is 1. The lowest BCUT2D eigenvalue weighted by Crippen LogP contribution is -2.39. The van der Waals surface area contributed by atoms with Gasteiger partial charge >= 0.3 is 0 Å². The number of hydrogen-bond acceptors (Lipinski definition) is 2. The van der Waals surface area contributed by atoms with Gasteiger partial charge in [-0.25, -0.2) is 0 Å². The Morgan fingerprint density at radius 2 is 2.29 bits per heavy atom. The Hall–Kier alpha value is -1.79. The molecule has 1 heterocycles. The van der Waals surface area contributed by atoms with Crippen molar-refractivity contribution in [3.8, 4) is 11.8 Å². The van der Waals surface area contributed by atoms with Gasteiger partial charge in [-0.1, -0.05) is 24.8 Å². The van der Waals surface area contributed by atoms with E-state index in [2.05, 4.69) is 18.8 Å². The van der Waals surface area contributed by atoms with Gasteiger partial charge in [-0.3, -0.25) is 4.79 Å². The van der Waals surface area contributed by atoms with Crippen LogP contribution in [0.3, 0.4) is 0 Å². The lowest BCUT2D eigenvalue weighted by molar-refractivity contribution is 0.0682. The fraction of sp³-hybridized carbons (Fsp3) is 0.500. The molecule has 3 heteroatoms. The van der Waals surface area contributed by atoms with Crippen molar-refractivity contribution in [3.05, 3.63) is 34.9 Å². The van der Waals surface area contributed by atoms with Gasteiger partial charge in [0.1, 0.15) is 0 Å². The molecule has 0 saturated carbocycles. The molecule has 21 heavy (non-hydrogen) atoms. The summed E-state index contributed by atoms with van der Waals surface area (Å²) in [7, 11) is 0. The zero-order valence-electron chi connectivity index (χ0n) is 12.9. The summed E-state index contributed by atoms with van der Waals surface area (Å²) in [6.07, 6.45) is 2.75. The second-order valence-corrected chi connectivity index (χ2v) is 5.75. The maximum Gasteiger partial charge on any atom is 0.254 e. The Labute approximate surface area is 127 Å². The predicted molar refractivity (Wildman–Crippen MR) is 84.1 cm³/mol. The zero-order valence-corrected chi connectivity index (χ0v) is 12.9. The van der Waals surface area contributed by atoms with Crippen molar-refractivity contribution in [3.63, 3.8) is 0 Å². The molecule has 1 fully saturated rings. The molecule has 1 atom stereocenters. The molecule has 1 saturated heterocycles. The number of hydrogen-bond donors (Lipinski definition) is 1. The van der Waals surface area contributed by atoms with E-state index < -0.39 is 0 Å². The number of piperidine rings is 1. The van der Waals surface area contributed by atoms with E-state index >= 15 is 0 Å². The van der Waals surface area contributed by atoms with Crippen LogP contribution in [0.1, 0.15) is 47.7 Å². The first-order valence-electron chi connectivity index (χ1n) is 7.62. The summed E-state index contributed by atoms with van der Waals surface area (Å²) >= 11 is 0. The first kappa shape index (κ1) is 15.6. The van der Waals surface area contributed by atoms with E-state index in [1.54, 1.807) is 0 Å². The monoisotopic (exact) mass is 285 g/mol. The van der Waals surface area contributed by atoms with Crippen LogP contribution in [0.5, 0.6) is 0 Å². The fourth-order valence-corrected chi connectivity index (χ4v) is 2.76. The topological polar surface area (TPSA) is 40.5 Å². The van der Waals surface area contributed by atoms with E-state index in [0.717, 1.165) is 36.2 Å². The number of aliphatic hydroxyl groups is 1. The SMILES string of the molecule is Cc1c(C#CCCO)cccc1C(=O)N1CCCC(C)C1. The minimum atomic E-state index is 0.0658. The Kier molecular flexibility index (Phi) is 5.41. The van der Waals surface area contributed by atoms with Crippen LogP contribution >= 0.6 is 0 Å². The first-order valence-corrected chi connectivity index (χ1v) is 7.62. The van der Waals surface area contributed by atoms with Gasteiger partial charge < -0.3 is 10.0 Å². The van der Waals surface area contributed by atoms with Crippen molar-refractivity contribution < 1.29 is 9.90 Å². The molecular formula is C18H23NO2. The van der Waals surface area contributed by atoms with Crippen molar-refractivity contribution in [2.75, 3.05) is 19.7 Å². The van der Waals surface area contributed by atoms with E-state index in [0.29, 0.717) is 12.3 Å². The maximum atomic E-state index is 12.7. The van der Waals surface area contributed by atoms with Gasteiger partial charge in [-0.05, 0) is 43.4 Å². The molecule has 0 spiro atoms. The number of amides is 1. The van der Waals surface area contributed by atoms with Gasteiger partial charge in [0.25, 0.3) is 5.91 Å². The molecule has 0 bridgehead atoms. The first-order chi connectivity index (χ1) is 10.1. The average molecular weight is 285 g/mol. The predicted octanol–water partition coefficient (Wildman–Crippen LogP) is 2.60. The average Bonchev–Trinajstić information content (AvgIpc) is 2.48. The summed E-state index contributed by atoms with van der Waals surface area (Å²) in [6.45, 7) is 5.91. The summed E-state index contributed by atoms with van der Waals surface area (Å²) in [5.74, 6) is 6.65. The largest absolute Gasteiger partial charge is 0.395 e. The molecule has 0 aromatic heterocycles. The van der Waals surface area contributed by atoms with Crippen molar-refractivity contribution in [2.24, 2.45) is 5.92 Å². The Bertz CT molecular complexity index is 568. The van der Waals surface area contributed by atoms with Crippen LogP contribution in [0.4, 0.5) is 0 Å². The third kappa shape index (κ3) is 3.86. The molecule has 3 nitrogen and oxygen atoms in total. The molecule has 1 unspecified atom stereocenters. The van der Waals surface area contributed by atoms with E-state index in [1.807, 2.05) is 30.0 Å². The van der Waals surface area contributed by atoms with Gasteiger partial charge in [0.05, 0.1) is 6.61 Å². The van der Waals surface area contributed by atoms with Crippen LogP contribution in [0.2, 0.25) is 0 Å². The van der Waals surface area contributed by atoms with E-state index in [4.69, 9.17) is 5.11 Å². The summed E-state index contributed by atoms with van der Waals surface area (Å²) < 4.78 is 0. The number of benzene rings is 1. The Morgan fingerprint density at radius 1 is 1.48 bits per heavy atom. The molecule has 1 N–H and O–H groups in total. The van der Waals surface area contributed by atoms with Gasteiger partial charge in [-0.15, -0.1) is 0 Å². The zero-order chi connectivity index (χ0) is 15.2. The molecule has 1 aliphatic rings. The highest BCUT2D eigenvalue weighted by molar-refractivity contribution is 5.96. The highest BCUT2D eigenvalue weighted by Crippen LogP contribution is 2.20. The van der Waals surface area contributed by atoms with Crippen LogP contribution in [0.15, 0.2) is 18.2 Å². The lowest BCUT2D eigenvalue weighted by atomic mass is 9.97. The van der Waals surface area contributed by atoms with Gasteiger partial charge in [0.15, 0.2) is 0 Å². The number of nitrogens with zero attached hydrogens (tertiary/aromatic N) is 1. The normalized spacial score (nSPS) is 18.0. The molecule has 1 aliphatic heterocycles. The fourth-order valence-electron chi connectivity index (χ4n) is 2.76. The molecule has 1 aromatic carbocycles. The van der Waals surface area contributed by atoms with Crippen molar-refractivity contribution in [1.29, 1.82) is 0 Å². The minimum Gasteiger partial charge on any atom is -0.395 e. The molecular weight excluding hydrogens is 262 g/mol. The van der Waals surface area contributed by atoms with E-state index in [-0.39, 0.29) is 12.5 Å². The summed E-state index contributed by atoms with van der Waals surface area (Å²) in [5, 5.41) is 8.79. The molecule has 2 rings (SSSR count).